The van der Waals surface area contributed by atoms with Gasteiger partial charge in [-0.1, -0.05) is 35.9 Å². The van der Waals surface area contributed by atoms with Gasteiger partial charge in [0.25, 0.3) is 0 Å². The summed E-state index contributed by atoms with van der Waals surface area (Å²) in [4.78, 5) is 22.8. The summed E-state index contributed by atoms with van der Waals surface area (Å²) in [7, 11) is -2.88. The fourth-order valence-corrected chi connectivity index (χ4v) is 4.90. The van der Waals surface area contributed by atoms with E-state index in [2.05, 4.69) is 15.4 Å². The van der Waals surface area contributed by atoms with E-state index in [4.69, 9.17) is 11.6 Å². The Morgan fingerprint density at radius 3 is 2.36 bits per heavy atom. The van der Waals surface area contributed by atoms with Gasteiger partial charge in [-0.25, -0.2) is 18.0 Å². The zero-order valence-corrected chi connectivity index (χ0v) is 20.8. The summed E-state index contributed by atoms with van der Waals surface area (Å²) in [5, 5.41) is 25.7. The molecule has 0 aliphatic heterocycles. The monoisotopic (exact) mass is 532 g/mol. The van der Waals surface area contributed by atoms with Gasteiger partial charge in [-0.3, -0.25) is 5.32 Å². The highest BCUT2D eigenvalue weighted by Gasteiger charge is 2.22. The van der Waals surface area contributed by atoms with E-state index in [1.807, 2.05) is 0 Å². The summed E-state index contributed by atoms with van der Waals surface area (Å²) in [6.45, 7) is 0.889. The smallest absolute Gasteiger partial charge is 0.411 e. The highest BCUT2D eigenvalue weighted by atomic mass is 35.5. The number of aliphatic hydroxyl groups excluding tert-OH is 1. The summed E-state index contributed by atoms with van der Waals surface area (Å²) >= 11 is 5.95. The second kappa shape index (κ2) is 12.0. The first-order valence-electron chi connectivity index (χ1n) is 10.8. The highest BCUT2D eigenvalue weighted by Crippen LogP contribution is 2.26. The highest BCUT2D eigenvalue weighted by molar-refractivity contribution is 7.91. The van der Waals surface area contributed by atoms with Gasteiger partial charge >= 0.3 is 12.1 Å². The lowest BCUT2D eigenvalue weighted by Crippen LogP contribution is -2.23. The predicted molar refractivity (Wildman–Crippen MR) is 134 cm³/mol. The second-order valence-electron chi connectivity index (χ2n) is 7.80. The van der Waals surface area contributed by atoms with Gasteiger partial charge in [-0.2, -0.15) is 0 Å². The van der Waals surface area contributed by atoms with Crippen LogP contribution in [0.5, 0.6) is 0 Å². The lowest BCUT2D eigenvalue weighted by atomic mass is 10.1. The van der Waals surface area contributed by atoms with Crippen molar-refractivity contribution in [2.24, 2.45) is 0 Å². The number of carboxylic acid groups (broad SMARTS) is 1. The van der Waals surface area contributed by atoms with Gasteiger partial charge in [0.2, 0.25) is 9.84 Å². The van der Waals surface area contributed by atoms with Crippen LogP contribution in [0.25, 0.3) is 0 Å². The van der Waals surface area contributed by atoms with Crippen molar-refractivity contribution < 1.29 is 33.0 Å². The molecule has 4 N–H and O–H groups in total. The number of carbonyl (C=O) groups excluding carboxylic acids is 1. The Morgan fingerprint density at radius 2 is 1.72 bits per heavy atom. The number of hydrogen-bond acceptors (Lipinski definition) is 7. The van der Waals surface area contributed by atoms with Crippen LogP contribution in [-0.4, -0.2) is 50.9 Å². The molecular weight excluding hydrogens is 508 g/mol. The van der Waals surface area contributed by atoms with Crippen molar-refractivity contribution in [3.8, 4) is 0 Å². The van der Waals surface area contributed by atoms with Gasteiger partial charge in [0.05, 0.1) is 34.3 Å². The third kappa shape index (κ3) is 6.82. The molecule has 1 amide bonds. The first kappa shape index (κ1) is 27.2. The number of aliphatic hydroxyl groups is 1. The van der Waals surface area contributed by atoms with Gasteiger partial charge < -0.3 is 20.3 Å². The van der Waals surface area contributed by atoms with Gasteiger partial charge in [0.15, 0.2) is 0 Å². The molecule has 0 aromatic heterocycles. The minimum absolute atomic E-state index is 0.000559. The van der Waals surface area contributed by atoms with E-state index in [1.165, 1.54) is 24.3 Å². The maximum Gasteiger partial charge on any atom is 0.411 e. The molecule has 0 aliphatic rings. The molecule has 190 valence electrons. The SMILES string of the molecule is COC(=O)Nc1ccc(S(=O)(=O)c2ccc(CCNC[C@H](O)c3cccc(Cl)c3)cc2)cc1C(=O)O. The number of carboxylic acids is 1. The molecule has 11 heteroatoms. The van der Waals surface area contributed by atoms with Gasteiger partial charge in [0, 0.05) is 11.6 Å². The Balaban J connectivity index is 1.64. The summed E-state index contributed by atoms with van der Waals surface area (Å²) in [5.41, 5.74) is 1.12. The fourth-order valence-electron chi connectivity index (χ4n) is 3.41. The number of anilines is 1. The molecule has 0 radical (unpaired) electrons. The number of benzene rings is 3. The summed E-state index contributed by atoms with van der Waals surface area (Å²) < 4.78 is 30.6. The van der Waals surface area contributed by atoms with Crippen molar-refractivity contribution in [2.45, 2.75) is 22.3 Å². The maximum absolute atomic E-state index is 13.0. The van der Waals surface area contributed by atoms with Crippen LogP contribution in [0.15, 0.2) is 76.5 Å². The van der Waals surface area contributed by atoms with Crippen LogP contribution in [-0.2, 0) is 21.0 Å². The molecule has 0 unspecified atom stereocenters. The van der Waals surface area contributed by atoms with Gasteiger partial charge in [-0.05, 0) is 66.6 Å². The Morgan fingerprint density at radius 1 is 1.03 bits per heavy atom. The molecule has 0 saturated carbocycles. The van der Waals surface area contributed by atoms with E-state index < -0.39 is 28.0 Å². The van der Waals surface area contributed by atoms with E-state index in [9.17, 15) is 28.2 Å². The molecule has 0 bridgehead atoms. The number of amides is 1. The zero-order valence-electron chi connectivity index (χ0n) is 19.3. The lowest BCUT2D eigenvalue weighted by Gasteiger charge is -2.13. The number of sulfone groups is 1. The minimum atomic E-state index is -4.00. The molecule has 3 rings (SSSR count). The Kier molecular flexibility index (Phi) is 9.05. The third-order valence-corrected chi connectivity index (χ3v) is 7.35. The van der Waals surface area contributed by atoms with Crippen molar-refractivity contribution in [3.63, 3.8) is 0 Å². The Labute approximate surface area is 213 Å². The molecule has 0 fully saturated rings. The van der Waals surface area contributed by atoms with E-state index in [1.54, 1.807) is 36.4 Å². The molecule has 1 atom stereocenters. The minimum Gasteiger partial charge on any atom is -0.478 e. The molecule has 0 aliphatic carbocycles. The number of methoxy groups -OCH3 is 1. The molecule has 0 heterocycles. The molecule has 0 saturated heterocycles. The average Bonchev–Trinajstić information content (AvgIpc) is 2.86. The quantitative estimate of drug-likeness (QED) is 0.288. The van der Waals surface area contributed by atoms with Crippen LogP contribution in [0.4, 0.5) is 10.5 Å². The van der Waals surface area contributed by atoms with Crippen LogP contribution in [0.2, 0.25) is 5.02 Å². The van der Waals surface area contributed by atoms with Crippen LogP contribution in [0.3, 0.4) is 0 Å². The molecule has 3 aromatic carbocycles. The van der Waals surface area contributed by atoms with Crippen molar-refractivity contribution in [1.82, 2.24) is 5.32 Å². The molecule has 3 aromatic rings. The summed E-state index contributed by atoms with van der Waals surface area (Å²) in [5.74, 6) is -1.40. The predicted octanol–water partition coefficient (Wildman–Crippen LogP) is 3.92. The van der Waals surface area contributed by atoms with Crippen LogP contribution in [0.1, 0.15) is 27.6 Å². The summed E-state index contributed by atoms with van der Waals surface area (Å²) in [6, 6.07) is 16.7. The van der Waals surface area contributed by atoms with Crippen LogP contribution < -0.4 is 10.6 Å². The normalized spacial score (nSPS) is 12.1. The topological polar surface area (TPSA) is 142 Å². The first-order chi connectivity index (χ1) is 17.1. The average molecular weight is 533 g/mol. The first-order valence-corrected chi connectivity index (χ1v) is 12.7. The molecule has 0 spiro atoms. The zero-order chi connectivity index (χ0) is 26.3. The van der Waals surface area contributed by atoms with E-state index >= 15 is 0 Å². The fraction of sp³-hybridized carbons (Fsp3) is 0.200. The number of aromatic carboxylic acids is 1. The largest absolute Gasteiger partial charge is 0.478 e. The standard InChI is InChI=1S/C25H25ClN2O7S/c1-35-25(32)28-22-10-9-20(14-21(22)24(30)31)36(33,34)19-7-5-16(6-8-19)11-12-27-15-23(29)17-3-2-4-18(26)13-17/h2-10,13-14,23,27,29H,11-12,15H2,1H3,(H,28,32)(H,30,31)/t23-/m0/s1. The van der Waals surface area contributed by atoms with Crippen molar-refractivity contribution in [3.05, 3.63) is 88.4 Å². The molecule has 36 heavy (non-hydrogen) atoms. The Bertz CT molecular complexity index is 1340. The van der Waals surface area contributed by atoms with Crippen LogP contribution in [0, 0.1) is 0 Å². The summed E-state index contributed by atoms with van der Waals surface area (Å²) in [6.07, 6.45) is -0.988. The number of nitrogens with one attached hydrogen (secondary N) is 2. The van der Waals surface area contributed by atoms with Gasteiger partial charge in [0.1, 0.15) is 0 Å². The lowest BCUT2D eigenvalue weighted by molar-refractivity contribution is 0.0697. The third-order valence-electron chi connectivity index (χ3n) is 5.35. The van der Waals surface area contributed by atoms with E-state index in [0.29, 0.717) is 30.1 Å². The van der Waals surface area contributed by atoms with E-state index in [-0.39, 0.29) is 21.0 Å². The molecular formula is C25H25ClN2O7S. The van der Waals surface area contributed by atoms with Crippen LogP contribution >= 0.6 is 11.6 Å². The van der Waals surface area contributed by atoms with Crippen molar-refractivity contribution >= 4 is 39.2 Å². The number of ether oxygens (including phenoxy) is 1. The van der Waals surface area contributed by atoms with E-state index in [0.717, 1.165) is 18.7 Å². The number of hydrogen-bond donors (Lipinski definition) is 4. The second-order valence-corrected chi connectivity index (χ2v) is 10.2. The molecule has 9 nitrogen and oxygen atoms in total. The van der Waals surface area contributed by atoms with Gasteiger partial charge in [-0.15, -0.1) is 0 Å². The number of rotatable bonds is 10. The maximum atomic E-state index is 13.0. The number of halogens is 1. The Hall–Kier alpha value is -3.44. The van der Waals surface area contributed by atoms with Crippen molar-refractivity contribution in [1.29, 1.82) is 0 Å². The number of carbonyl (C=O) groups is 2. The van der Waals surface area contributed by atoms with Crippen molar-refractivity contribution in [2.75, 3.05) is 25.5 Å².